The topological polar surface area (TPSA) is 49.8 Å². The Kier molecular flexibility index (Phi) is 5.03. The molecule has 0 fully saturated rings. The van der Waals surface area contributed by atoms with E-state index in [1.54, 1.807) is 0 Å². The summed E-state index contributed by atoms with van der Waals surface area (Å²) in [6.07, 6.45) is 2.14. The summed E-state index contributed by atoms with van der Waals surface area (Å²) < 4.78 is 26.1. The zero-order valence-electron chi connectivity index (χ0n) is 12.1. The zero-order chi connectivity index (χ0) is 15.2. The second-order valence-electron chi connectivity index (χ2n) is 4.75. The summed E-state index contributed by atoms with van der Waals surface area (Å²) in [6, 6.07) is 5.42. The first-order valence-electron chi connectivity index (χ1n) is 6.90. The van der Waals surface area contributed by atoms with Crippen LogP contribution in [0.4, 0.5) is 26.2 Å². The zero-order valence-corrected chi connectivity index (χ0v) is 12.1. The molecule has 112 valence electrons. The second kappa shape index (κ2) is 6.97. The first kappa shape index (κ1) is 15.2. The number of halogens is 2. The fraction of sp³-hybridized carbons (Fsp3) is 0.333. The van der Waals surface area contributed by atoms with Crippen LogP contribution in [0.1, 0.15) is 25.5 Å². The van der Waals surface area contributed by atoms with Gasteiger partial charge in [0.25, 0.3) is 0 Å². The van der Waals surface area contributed by atoms with Crippen LogP contribution in [0.2, 0.25) is 0 Å². The van der Waals surface area contributed by atoms with Crippen molar-refractivity contribution in [2.75, 3.05) is 17.2 Å². The largest absolute Gasteiger partial charge is 0.370 e. The Balaban J connectivity index is 2.13. The third-order valence-electron chi connectivity index (χ3n) is 2.87. The molecule has 0 unspecified atom stereocenters. The standard InChI is InChI=1S/C15H18F2N4/c1-3-4-7-18-14-8-10(2)19-15(21-14)20-11-5-6-12(16)13(17)9-11/h5-6,8-9H,3-4,7H2,1-2H3,(H2,18,19,20,21). The van der Waals surface area contributed by atoms with Gasteiger partial charge in [0.1, 0.15) is 5.82 Å². The van der Waals surface area contributed by atoms with Crippen molar-refractivity contribution in [3.05, 3.63) is 41.6 Å². The second-order valence-corrected chi connectivity index (χ2v) is 4.75. The fourth-order valence-electron chi connectivity index (χ4n) is 1.81. The normalized spacial score (nSPS) is 10.5. The molecule has 0 aliphatic rings. The third-order valence-corrected chi connectivity index (χ3v) is 2.87. The van der Waals surface area contributed by atoms with Gasteiger partial charge < -0.3 is 10.6 Å². The van der Waals surface area contributed by atoms with Crippen molar-refractivity contribution in [1.29, 1.82) is 0 Å². The van der Waals surface area contributed by atoms with Crippen LogP contribution in [0.3, 0.4) is 0 Å². The molecule has 2 rings (SSSR count). The van der Waals surface area contributed by atoms with Crippen molar-refractivity contribution >= 4 is 17.5 Å². The van der Waals surface area contributed by atoms with Gasteiger partial charge in [-0.05, 0) is 25.5 Å². The van der Waals surface area contributed by atoms with Gasteiger partial charge in [-0.3, -0.25) is 0 Å². The molecule has 0 aliphatic heterocycles. The Bertz CT molecular complexity index is 617. The molecule has 1 aromatic heterocycles. The quantitative estimate of drug-likeness (QED) is 0.790. The third kappa shape index (κ3) is 4.37. The van der Waals surface area contributed by atoms with E-state index in [0.29, 0.717) is 17.5 Å². The Morgan fingerprint density at radius 1 is 1.10 bits per heavy atom. The van der Waals surface area contributed by atoms with Gasteiger partial charge in [0.15, 0.2) is 11.6 Å². The molecular weight excluding hydrogens is 274 g/mol. The van der Waals surface area contributed by atoms with Gasteiger partial charge >= 0.3 is 0 Å². The van der Waals surface area contributed by atoms with Gasteiger partial charge in [0.05, 0.1) is 0 Å². The highest BCUT2D eigenvalue weighted by atomic mass is 19.2. The van der Waals surface area contributed by atoms with Crippen molar-refractivity contribution in [3.8, 4) is 0 Å². The van der Waals surface area contributed by atoms with Crippen LogP contribution < -0.4 is 10.6 Å². The molecule has 0 saturated heterocycles. The number of nitrogens with zero attached hydrogens (tertiary/aromatic N) is 2. The van der Waals surface area contributed by atoms with Gasteiger partial charge in [-0.2, -0.15) is 4.98 Å². The van der Waals surface area contributed by atoms with Gasteiger partial charge in [0.2, 0.25) is 5.95 Å². The molecule has 1 heterocycles. The van der Waals surface area contributed by atoms with Crippen LogP contribution in [0.25, 0.3) is 0 Å². The SMILES string of the molecule is CCCCNc1cc(C)nc(Nc2ccc(F)c(F)c2)n1. The van der Waals surface area contributed by atoms with Crippen molar-refractivity contribution in [1.82, 2.24) is 9.97 Å². The Morgan fingerprint density at radius 2 is 1.90 bits per heavy atom. The maximum atomic E-state index is 13.2. The molecule has 0 amide bonds. The monoisotopic (exact) mass is 292 g/mol. The molecule has 0 spiro atoms. The Morgan fingerprint density at radius 3 is 2.62 bits per heavy atom. The van der Waals surface area contributed by atoms with Crippen LogP contribution in [-0.2, 0) is 0 Å². The number of aromatic nitrogens is 2. The molecule has 2 aromatic rings. The van der Waals surface area contributed by atoms with E-state index in [1.165, 1.54) is 6.07 Å². The predicted molar refractivity (Wildman–Crippen MR) is 79.8 cm³/mol. The molecular formula is C15H18F2N4. The van der Waals surface area contributed by atoms with Crippen LogP contribution in [-0.4, -0.2) is 16.5 Å². The van der Waals surface area contributed by atoms with E-state index in [4.69, 9.17) is 0 Å². The molecule has 2 N–H and O–H groups in total. The number of hydrogen-bond acceptors (Lipinski definition) is 4. The number of nitrogens with one attached hydrogen (secondary N) is 2. The average Bonchev–Trinajstić information content (AvgIpc) is 2.43. The maximum Gasteiger partial charge on any atom is 0.229 e. The molecule has 1 aromatic carbocycles. The number of unbranched alkanes of at least 4 members (excludes halogenated alkanes) is 1. The summed E-state index contributed by atoms with van der Waals surface area (Å²) in [5, 5.41) is 6.08. The first-order valence-corrected chi connectivity index (χ1v) is 6.90. The molecule has 0 bridgehead atoms. The number of rotatable bonds is 6. The highest BCUT2D eigenvalue weighted by Gasteiger charge is 2.06. The predicted octanol–water partition coefficient (Wildman–Crippen LogP) is 4.02. The summed E-state index contributed by atoms with van der Waals surface area (Å²) in [4.78, 5) is 8.53. The van der Waals surface area contributed by atoms with Gasteiger partial charge in [0, 0.05) is 30.1 Å². The van der Waals surface area contributed by atoms with E-state index in [1.807, 2.05) is 13.0 Å². The number of aryl methyl sites for hydroxylation is 1. The average molecular weight is 292 g/mol. The molecule has 21 heavy (non-hydrogen) atoms. The highest BCUT2D eigenvalue weighted by Crippen LogP contribution is 2.18. The Hall–Kier alpha value is -2.24. The minimum atomic E-state index is -0.908. The van der Waals surface area contributed by atoms with Gasteiger partial charge in [-0.15, -0.1) is 0 Å². The molecule has 0 saturated carbocycles. The number of hydrogen-bond donors (Lipinski definition) is 2. The van der Waals surface area contributed by atoms with Crippen molar-refractivity contribution in [2.45, 2.75) is 26.7 Å². The minimum absolute atomic E-state index is 0.347. The summed E-state index contributed by atoms with van der Waals surface area (Å²) >= 11 is 0. The van der Waals surface area contributed by atoms with Crippen molar-refractivity contribution < 1.29 is 8.78 Å². The lowest BCUT2D eigenvalue weighted by Gasteiger charge is -2.10. The lowest BCUT2D eigenvalue weighted by molar-refractivity contribution is 0.509. The fourth-order valence-corrected chi connectivity index (χ4v) is 1.81. The Labute approximate surface area is 122 Å². The summed E-state index contributed by atoms with van der Waals surface area (Å²) in [5.41, 5.74) is 1.19. The molecule has 0 atom stereocenters. The summed E-state index contributed by atoms with van der Waals surface area (Å²) in [5.74, 6) is -0.734. The van der Waals surface area contributed by atoms with E-state index in [2.05, 4.69) is 27.5 Å². The number of anilines is 3. The highest BCUT2D eigenvalue weighted by molar-refractivity contribution is 5.55. The summed E-state index contributed by atoms with van der Waals surface area (Å²) in [7, 11) is 0. The number of benzene rings is 1. The lowest BCUT2D eigenvalue weighted by atomic mass is 10.3. The van der Waals surface area contributed by atoms with Crippen molar-refractivity contribution in [3.63, 3.8) is 0 Å². The molecule has 0 aliphatic carbocycles. The minimum Gasteiger partial charge on any atom is -0.370 e. The first-order chi connectivity index (χ1) is 10.1. The van der Waals surface area contributed by atoms with E-state index in [0.717, 1.165) is 37.2 Å². The van der Waals surface area contributed by atoms with Crippen LogP contribution in [0.5, 0.6) is 0 Å². The van der Waals surface area contributed by atoms with E-state index in [9.17, 15) is 8.78 Å². The molecule has 6 heteroatoms. The van der Waals surface area contributed by atoms with Crippen LogP contribution >= 0.6 is 0 Å². The summed E-state index contributed by atoms with van der Waals surface area (Å²) in [6.45, 7) is 4.80. The van der Waals surface area contributed by atoms with E-state index in [-0.39, 0.29) is 0 Å². The van der Waals surface area contributed by atoms with E-state index >= 15 is 0 Å². The maximum absolute atomic E-state index is 13.2. The van der Waals surface area contributed by atoms with Crippen LogP contribution in [0.15, 0.2) is 24.3 Å². The van der Waals surface area contributed by atoms with Gasteiger partial charge in [-0.25, -0.2) is 13.8 Å². The lowest BCUT2D eigenvalue weighted by Crippen LogP contribution is -2.06. The van der Waals surface area contributed by atoms with Crippen molar-refractivity contribution in [2.24, 2.45) is 0 Å². The molecule has 0 radical (unpaired) electrons. The molecule has 4 nitrogen and oxygen atoms in total. The van der Waals surface area contributed by atoms with Gasteiger partial charge in [-0.1, -0.05) is 13.3 Å². The van der Waals surface area contributed by atoms with E-state index < -0.39 is 11.6 Å². The van der Waals surface area contributed by atoms with Crippen LogP contribution in [0, 0.1) is 18.6 Å². The smallest absolute Gasteiger partial charge is 0.229 e.